The average Bonchev–Trinajstić information content (AvgIpc) is 2.50. The number of fused-ring (bicyclic) bond motifs is 1. The second-order valence-corrected chi connectivity index (χ2v) is 2.92. The molecule has 0 aliphatic heterocycles. The first kappa shape index (κ1) is 7.35. The summed E-state index contributed by atoms with van der Waals surface area (Å²) in [5.41, 5.74) is 2.39. The van der Waals surface area contributed by atoms with E-state index in [-0.39, 0.29) is 0 Å². The Balaban J connectivity index is 2.55. The molecule has 2 aromatic rings. The highest BCUT2D eigenvalue weighted by Crippen LogP contribution is 2.08. The van der Waals surface area contributed by atoms with Crippen molar-refractivity contribution in [1.82, 2.24) is 9.38 Å². The van der Waals surface area contributed by atoms with Gasteiger partial charge >= 0.3 is 0 Å². The minimum atomic E-state index is 1.04. The van der Waals surface area contributed by atoms with Crippen LogP contribution in [0.1, 0.15) is 19.0 Å². The van der Waals surface area contributed by atoms with E-state index in [1.165, 1.54) is 12.1 Å². The first-order valence-electron chi connectivity index (χ1n) is 4.33. The quantitative estimate of drug-likeness (QED) is 0.658. The first-order chi connectivity index (χ1) is 5.92. The summed E-state index contributed by atoms with van der Waals surface area (Å²) in [6, 6.07) is 6.17. The Labute approximate surface area is 71.9 Å². The number of aryl methyl sites for hydroxylation is 1. The van der Waals surface area contributed by atoms with Gasteiger partial charge in [-0.3, -0.25) is 0 Å². The highest BCUT2D eigenvalue weighted by Gasteiger charge is 1.98. The lowest BCUT2D eigenvalue weighted by Crippen LogP contribution is -1.92. The molecule has 2 nitrogen and oxygen atoms in total. The van der Waals surface area contributed by atoms with Crippen LogP contribution in [0.4, 0.5) is 0 Å². The van der Waals surface area contributed by atoms with Crippen LogP contribution in [0, 0.1) is 0 Å². The van der Waals surface area contributed by atoms with Gasteiger partial charge in [0, 0.05) is 18.1 Å². The van der Waals surface area contributed by atoms with Gasteiger partial charge in [-0.2, -0.15) is 0 Å². The zero-order chi connectivity index (χ0) is 8.39. The summed E-state index contributed by atoms with van der Waals surface area (Å²) >= 11 is 0. The van der Waals surface area contributed by atoms with Crippen LogP contribution in [0.2, 0.25) is 0 Å². The van der Waals surface area contributed by atoms with E-state index in [2.05, 4.69) is 34.6 Å². The third-order valence-electron chi connectivity index (χ3n) is 2.02. The molecule has 0 saturated carbocycles. The van der Waals surface area contributed by atoms with Crippen molar-refractivity contribution in [3.8, 4) is 0 Å². The summed E-state index contributed by atoms with van der Waals surface area (Å²) in [4.78, 5) is 4.25. The summed E-state index contributed by atoms with van der Waals surface area (Å²) in [5.74, 6) is 0. The Bertz CT molecular complexity index is 376. The third kappa shape index (κ3) is 1.09. The number of nitrogens with zero attached hydrogens (tertiary/aromatic N) is 2. The maximum absolute atomic E-state index is 4.25. The predicted molar refractivity (Wildman–Crippen MR) is 49.2 cm³/mol. The molecule has 0 fully saturated rings. The van der Waals surface area contributed by atoms with Gasteiger partial charge in [-0.1, -0.05) is 13.3 Å². The normalized spacial score (nSPS) is 10.8. The molecule has 0 saturated heterocycles. The molecule has 0 aromatic carbocycles. The van der Waals surface area contributed by atoms with Gasteiger partial charge in [-0.05, 0) is 24.6 Å². The summed E-state index contributed by atoms with van der Waals surface area (Å²) in [7, 11) is 0. The first-order valence-corrected chi connectivity index (χ1v) is 4.33. The molecule has 2 aromatic heterocycles. The maximum Gasteiger partial charge on any atom is 0.136 e. The van der Waals surface area contributed by atoms with Gasteiger partial charge in [0.2, 0.25) is 0 Å². The molecule has 0 aliphatic carbocycles. The molecule has 12 heavy (non-hydrogen) atoms. The minimum absolute atomic E-state index is 1.04. The van der Waals surface area contributed by atoms with Crippen molar-refractivity contribution < 1.29 is 0 Å². The van der Waals surface area contributed by atoms with Crippen LogP contribution in [0.25, 0.3) is 5.65 Å². The van der Waals surface area contributed by atoms with Gasteiger partial charge in [0.05, 0.1) is 0 Å². The van der Waals surface area contributed by atoms with E-state index in [0.717, 1.165) is 12.1 Å². The van der Waals surface area contributed by atoms with Crippen molar-refractivity contribution in [1.29, 1.82) is 0 Å². The van der Waals surface area contributed by atoms with E-state index in [0.29, 0.717) is 0 Å². The van der Waals surface area contributed by atoms with Gasteiger partial charge in [0.15, 0.2) is 0 Å². The molecule has 2 rings (SSSR count). The van der Waals surface area contributed by atoms with Crippen LogP contribution in [-0.2, 0) is 6.42 Å². The molecule has 2 heteroatoms. The van der Waals surface area contributed by atoms with Crippen LogP contribution >= 0.6 is 0 Å². The van der Waals surface area contributed by atoms with E-state index in [1.54, 1.807) is 0 Å². The van der Waals surface area contributed by atoms with Gasteiger partial charge < -0.3 is 4.40 Å². The van der Waals surface area contributed by atoms with Crippen molar-refractivity contribution in [2.75, 3.05) is 0 Å². The van der Waals surface area contributed by atoms with Crippen molar-refractivity contribution in [2.24, 2.45) is 0 Å². The van der Waals surface area contributed by atoms with E-state index in [4.69, 9.17) is 0 Å². The molecule has 0 atom stereocenters. The van der Waals surface area contributed by atoms with Crippen LogP contribution in [0.5, 0.6) is 0 Å². The molecule has 0 unspecified atom stereocenters. The molecule has 0 spiro atoms. The zero-order valence-electron chi connectivity index (χ0n) is 7.20. The molecule has 0 amide bonds. The molecule has 62 valence electrons. The van der Waals surface area contributed by atoms with E-state index >= 15 is 0 Å². The van der Waals surface area contributed by atoms with Crippen LogP contribution in [-0.4, -0.2) is 9.38 Å². The lowest BCUT2D eigenvalue weighted by Gasteiger charge is -1.98. The molecular weight excluding hydrogens is 148 g/mol. The van der Waals surface area contributed by atoms with E-state index in [1.807, 2.05) is 12.3 Å². The van der Waals surface area contributed by atoms with Crippen molar-refractivity contribution in [3.63, 3.8) is 0 Å². The number of rotatable bonds is 2. The third-order valence-corrected chi connectivity index (χ3v) is 2.02. The smallest absolute Gasteiger partial charge is 0.136 e. The fourth-order valence-electron chi connectivity index (χ4n) is 1.46. The molecule has 0 radical (unpaired) electrons. The van der Waals surface area contributed by atoms with E-state index < -0.39 is 0 Å². The van der Waals surface area contributed by atoms with Crippen LogP contribution in [0.15, 0.2) is 30.6 Å². The lowest BCUT2D eigenvalue weighted by atomic mass is 10.2. The maximum atomic E-state index is 4.25. The number of hydrogen-bond donors (Lipinski definition) is 0. The summed E-state index contributed by atoms with van der Waals surface area (Å²) in [6.45, 7) is 2.19. The highest BCUT2D eigenvalue weighted by atomic mass is 15.0. The Morgan fingerprint density at radius 2 is 2.33 bits per heavy atom. The standard InChI is InChI=1S/C10H12N2/c1-2-4-9-5-6-10-11-7-3-8-12(9)10/h3,5-8H,2,4H2,1H3. The molecule has 0 bridgehead atoms. The number of aromatic nitrogens is 2. The number of hydrogen-bond acceptors (Lipinski definition) is 1. The second kappa shape index (κ2) is 2.97. The van der Waals surface area contributed by atoms with Crippen LogP contribution in [0.3, 0.4) is 0 Å². The van der Waals surface area contributed by atoms with Crippen LogP contribution < -0.4 is 0 Å². The Hall–Kier alpha value is -1.31. The molecule has 0 aliphatic rings. The second-order valence-electron chi connectivity index (χ2n) is 2.92. The van der Waals surface area contributed by atoms with Crippen molar-refractivity contribution >= 4 is 5.65 Å². The Kier molecular flexibility index (Phi) is 1.82. The Morgan fingerprint density at radius 3 is 3.17 bits per heavy atom. The SMILES string of the molecule is CCCc1ccc2ncccn12. The monoisotopic (exact) mass is 160 g/mol. The largest absolute Gasteiger partial charge is 0.306 e. The Morgan fingerprint density at radius 1 is 1.42 bits per heavy atom. The topological polar surface area (TPSA) is 17.3 Å². The van der Waals surface area contributed by atoms with Gasteiger partial charge in [0.25, 0.3) is 0 Å². The average molecular weight is 160 g/mol. The molecule has 2 heterocycles. The zero-order valence-corrected chi connectivity index (χ0v) is 7.20. The van der Waals surface area contributed by atoms with Gasteiger partial charge in [0.1, 0.15) is 5.65 Å². The van der Waals surface area contributed by atoms with Crippen molar-refractivity contribution in [2.45, 2.75) is 19.8 Å². The highest BCUT2D eigenvalue weighted by molar-refractivity contribution is 5.41. The fraction of sp³-hybridized carbons (Fsp3) is 0.300. The molecular formula is C10H12N2. The van der Waals surface area contributed by atoms with Gasteiger partial charge in [-0.25, -0.2) is 4.98 Å². The summed E-state index contributed by atoms with van der Waals surface area (Å²) in [6.07, 6.45) is 6.19. The lowest BCUT2D eigenvalue weighted by molar-refractivity contribution is 0.863. The predicted octanol–water partition coefficient (Wildman–Crippen LogP) is 2.29. The summed E-state index contributed by atoms with van der Waals surface area (Å²) < 4.78 is 2.14. The fourth-order valence-corrected chi connectivity index (χ4v) is 1.46. The van der Waals surface area contributed by atoms with Gasteiger partial charge in [-0.15, -0.1) is 0 Å². The molecule has 0 N–H and O–H groups in total. The van der Waals surface area contributed by atoms with Crippen molar-refractivity contribution in [3.05, 3.63) is 36.3 Å². The summed E-state index contributed by atoms with van der Waals surface area (Å²) in [5, 5.41) is 0. The minimum Gasteiger partial charge on any atom is -0.306 e. The van der Waals surface area contributed by atoms with E-state index in [9.17, 15) is 0 Å².